The summed E-state index contributed by atoms with van der Waals surface area (Å²) in [6, 6.07) is 22.0. The van der Waals surface area contributed by atoms with Gasteiger partial charge in [0.2, 0.25) is 0 Å². The zero-order chi connectivity index (χ0) is 18.1. The number of anilines is 1. The maximum absolute atomic E-state index is 4.62. The van der Waals surface area contributed by atoms with Crippen LogP contribution in [-0.2, 0) is 0 Å². The highest BCUT2D eigenvalue weighted by atomic mass is 15.3. The average molecular weight is 355 g/mol. The molecule has 0 spiro atoms. The van der Waals surface area contributed by atoms with Gasteiger partial charge in [0.25, 0.3) is 0 Å². The SMILES string of the molecule is c1ccc(C(c2ccccc2)[C@@H]2CCCN2c2ncnc3nc[nH]c23)cc1. The van der Waals surface area contributed by atoms with Crippen LogP contribution in [0.25, 0.3) is 11.2 Å². The Hall–Kier alpha value is -3.21. The van der Waals surface area contributed by atoms with E-state index >= 15 is 0 Å². The Morgan fingerprint density at radius 3 is 2.30 bits per heavy atom. The molecule has 4 aromatic rings. The van der Waals surface area contributed by atoms with Crippen molar-refractivity contribution in [3.05, 3.63) is 84.4 Å². The van der Waals surface area contributed by atoms with Gasteiger partial charge in [-0.05, 0) is 24.0 Å². The van der Waals surface area contributed by atoms with Crippen molar-refractivity contribution in [1.82, 2.24) is 19.9 Å². The van der Waals surface area contributed by atoms with Crippen molar-refractivity contribution in [3.8, 4) is 0 Å². The summed E-state index contributed by atoms with van der Waals surface area (Å²) in [5.41, 5.74) is 4.33. The number of H-pyrrole nitrogens is 1. The van der Waals surface area contributed by atoms with Gasteiger partial charge in [0.05, 0.1) is 6.33 Å². The second kappa shape index (κ2) is 6.83. The Labute approximate surface area is 158 Å². The van der Waals surface area contributed by atoms with Crippen molar-refractivity contribution in [2.75, 3.05) is 11.4 Å². The van der Waals surface area contributed by atoms with Gasteiger partial charge in [0.1, 0.15) is 11.8 Å². The second-order valence-corrected chi connectivity index (χ2v) is 7.00. The molecule has 134 valence electrons. The number of hydrogen-bond donors (Lipinski definition) is 1. The van der Waals surface area contributed by atoms with Gasteiger partial charge in [-0.3, -0.25) is 0 Å². The third-order valence-corrected chi connectivity index (χ3v) is 5.48. The molecule has 0 amide bonds. The highest BCUT2D eigenvalue weighted by Crippen LogP contribution is 2.39. The number of aromatic nitrogens is 4. The van der Waals surface area contributed by atoms with E-state index in [2.05, 4.69) is 85.5 Å². The number of imidazole rings is 1. The lowest BCUT2D eigenvalue weighted by Crippen LogP contribution is -2.36. The van der Waals surface area contributed by atoms with E-state index in [-0.39, 0.29) is 0 Å². The smallest absolute Gasteiger partial charge is 0.182 e. The molecule has 1 atom stereocenters. The van der Waals surface area contributed by atoms with Crippen LogP contribution in [0.15, 0.2) is 73.3 Å². The molecule has 0 bridgehead atoms. The van der Waals surface area contributed by atoms with Crippen LogP contribution in [0.2, 0.25) is 0 Å². The molecule has 0 radical (unpaired) electrons. The monoisotopic (exact) mass is 355 g/mol. The third kappa shape index (κ3) is 2.85. The van der Waals surface area contributed by atoms with Crippen LogP contribution >= 0.6 is 0 Å². The number of benzene rings is 2. The van der Waals surface area contributed by atoms with E-state index in [1.54, 1.807) is 12.7 Å². The van der Waals surface area contributed by atoms with Crippen molar-refractivity contribution in [1.29, 1.82) is 0 Å². The van der Waals surface area contributed by atoms with Gasteiger partial charge in [-0.1, -0.05) is 60.7 Å². The maximum Gasteiger partial charge on any atom is 0.182 e. The Balaban J connectivity index is 1.62. The molecule has 2 aromatic carbocycles. The number of nitrogens with one attached hydrogen (secondary N) is 1. The summed E-state index contributed by atoms with van der Waals surface area (Å²) in [5, 5.41) is 0. The predicted molar refractivity (Wildman–Crippen MR) is 107 cm³/mol. The Bertz CT molecular complexity index is 989. The molecule has 5 heteroatoms. The minimum atomic E-state index is 0.294. The van der Waals surface area contributed by atoms with E-state index in [9.17, 15) is 0 Å². The highest BCUT2D eigenvalue weighted by Gasteiger charge is 2.35. The van der Waals surface area contributed by atoms with Crippen LogP contribution in [0.3, 0.4) is 0 Å². The van der Waals surface area contributed by atoms with Crippen LogP contribution in [0.5, 0.6) is 0 Å². The molecule has 0 saturated carbocycles. The summed E-state index contributed by atoms with van der Waals surface area (Å²) in [6.45, 7) is 0.992. The van der Waals surface area contributed by atoms with E-state index in [4.69, 9.17) is 0 Å². The first-order valence-corrected chi connectivity index (χ1v) is 9.42. The van der Waals surface area contributed by atoms with Crippen LogP contribution < -0.4 is 4.90 Å². The minimum absolute atomic E-state index is 0.294. The second-order valence-electron chi connectivity index (χ2n) is 7.00. The number of nitrogens with zero attached hydrogens (tertiary/aromatic N) is 4. The standard InChI is InChI=1S/C22H21N5/c1-3-8-16(9-4-1)19(17-10-5-2-6-11-17)18-12-7-13-27(18)22-20-21(24-14-23-20)25-15-26-22/h1-6,8-11,14-15,18-19H,7,12-13H2,(H,23,24,25,26)/t18-/m0/s1. The molecule has 0 aliphatic carbocycles. The highest BCUT2D eigenvalue weighted by molar-refractivity contribution is 5.83. The lowest BCUT2D eigenvalue weighted by atomic mass is 9.84. The summed E-state index contributed by atoms with van der Waals surface area (Å²) in [5.74, 6) is 1.25. The lowest BCUT2D eigenvalue weighted by molar-refractivity contribution is 0.587. The first kappa shape index (κ1) is 16.0. The van der Waals surface area contributed by atoms with Gasteiger partial charge >= 0.3 is 0 Å². The Morgan fingerprint density at radius 2 is 1.59 bits per heavy atom. The molecule has 5 nitrogen and oxygen atoms in total. The topological polar surface area (TPSA) is 57.7 Å². The summed E-state index contributed by atoms with van der Waals surface area (Å²) < 4.78 is 0. The van der Waals surface area contributed by atoms with E-state index in [1.165, 1.54) is 11.1 Å². The Morgan fingerprint density at radius 1 is 0.889 bits per heavy atom. The quantitative estimate of drug-likeness (QED) is 0.597. The van der Waals surface area contributed by atoms with Crippen molar-refractivity contribution in [3.63, 3.8) is 0 Å². The van der Waals surface area contributed by atoms with Gasteiger partial charge in [0, 0.05) is 18.5 Å². The van der Waals surface area contributed by atoms with Gasteiger partial charge in [0.15, 0.2) is 11.5 Å². The van der Waals surface area contributed by atoms with Gasteiger partial charge < -0.3 is 9.88 Å². The minimum Gasteiger partial charge on any atom is -0.351 e. The first-order chi connectivity index (χ1) is 13.4. The molecule has 1 N–H and O–H groups in total. The molecule has 1 fully saturated rings. The largest absolute Gasteiger partial charge is 0.351 e. The number of fused-ring (bicyclic) bond motifs is 1. The molecular weight excluding hydrogens is 334 g/mol. The number of rotatable bonds is 4. The molecule has 0 unspecified atom stereocenters. The van der Waals surface area contributed by atoms with Crippen LogP contribution in [0, 0.1) is 0 Å². The van der Waals surface area contributed by atoms with Crippen LogP contribution in [0.1, 0.15) is 29.9 Å². The lowest BCUT2D eigenvalue weighted by Gasteiger charge is -2.33. The summed E-state index contributed by atoms with van der Waals surface area (Å²) in [6.07, 6.45) is 5.60. The van der Waals surface area contributed by atoms with Gasteiger partial charge in [-0.25, -0.2) is 15.0 Å². The van der Waals surface area contributed by atoms with Crippen molar-refractivity contribution < 1.29 is 0 Å². The molecule has 2 aromatic heterocycles. The third-order valence-electron chi connectivity index (χ3n) is 5.48. The van der Waals surface area contributed by atoms with E-state index in [0.29, 0.717) is 12.0 Å². The summed E-state index contributed by atoms with van der Waals surface area (Å²) in [4.78, 5) is 18.9. The zero-order valence-corrected chi connectivity index (χ0v) is 15.0. The molecule has 1 aliphatic rings. The fourth-order valence-electron chi connectivity index (χ4n) is 4.33. The zero-order valence-electron chi connectivity index (χ0n) is 15.0. The van der Waals surface area contributed by atoms with Crippen LogP contribution in [0.4, 0.5) is 5.82 Å². The van der Waals surface area contributed by atoms with Crippen molar-refractivity contribution in [2.24, 2.45) is 0 Å². The van der Waals surface area contributed by atoms with Crippen molar-refractivity contribution >= 4 is 17.0 Å². The molecule has 5 rings (SSSR count). The Kier molecular flexibility index (Phi) is 4.05. The first-order valence-electron chi connectivity index (χ1n) is 9.42. The molecule has 1 aliphatic heterocycles. The number of aromatic amines is 1. The molecule has 3 heterocycles. The fraction of sp³-hybridized carbons (Fsp3) is 0.227. The number of hydrogen-bond acceptors (Lipinski definition) is 4. The normalized spacial score (nSPS) is 17.1. The molecule has 27 heavy (non-hydrogen) atoms. The van der Waals surface area contributed by atoms with Gasteiger partial charge in [-0.15, -0.1) is 0 Å². The summed E-state index contributed by atoms with van der Waals surface area (Å²) >= 11 is 0. The molecule has 1 saturated heterocycles. The predicted octanol–water partition coefficient (Wildman–Crippen LogP) is 4.15. The van der Waals surface area contributed by atoms with E-state index in [1.807, 2.05) is 0 Å². The fourth-order valence-corrected chi connectivity index (χ4v) is 4.33. The summed E-state index contributed by atoms with van der Waals surface area (Å²) in [7, 11) is 0. The van der Waals surface area contributed by atoms with E-state index < -0.39 is 0 Å². The van der Waals surface area contributed by atoms with Crippen molar-refractivity contribution in [2.45, 2.75) is 24.8 Å². The van der Waals surface area contributed by atoms with Gasteiger partial charge in [-0.2, -0.15) is 0 Å². The van der Waals surface area contributed by atoms with Crippen LogP contribution in [-0.4, -0.2) is 32.5 Å². The average Bonchev–Trinajstić information content (AvgIpc) is 3.39. The van der Waals surface area contributed by atoms with E-state index in [0.717, 1.165) is 36.4 Å². The molecular formula is C22H21N5. The maximum atomic E-state index is 4.62.